The zero-order chi connectivity index (χ0) is 24.7. The lowest BCUT2D eigenvalue weighted by Crippen LogP contribution is -2.37. The first-order valence-corrected chi connectivity index (χ1v) is 12.4. The van der Waals surface area contributed by atoms with Gasteiger partial charge in [0, 0.05) is 25.5 Å². The molecule has 0 bridgehead atoms. The highest BCUT2D eigenvalue weighted by Crippen LogP contribution is 2.30. The maximum atomic E-state index is 11.1. The molecule has 2 heterocycles. The highest BCUT2D eigenvalue weighted by Gasteiger charge is 2.31. The third kappa shape index (κ3) is 6.99. The summed E-state index contributed by atoms with van der Waals surface area (Å²) in [6.45, 7) is 8.20. The maximum absolute atomic E-state index is 11.1. The van der Waals surface area contributed by atoms with Crippen LogP contribution in [0.5, 0.6) is 17.2 Å². The fraction of sp³-hybridized carbons (Fsp3) is 0.464. The van der Waals surface area contributed by atoms with Crippen molar-refractivity contribution >= 4 is 0 Å². The first-order valence-electron chi connectivity index (χ1n) is 12.4. The number of methoxy groups -OCH3 is 1. The van der Waals surface area contributed by atoms with Crippen molar-refractivity contribution in [2.75, 3.05) is 33.4 Å². The molecule has 35 heavy (non-hydrogen) atoms. The summed E-state index contributed by atoms with van der Waals surface area (Å²) >= 11 is 0. The Hall–Kier alpha value is -3.03. The van der Waals surface area contributed by atoms with Crippen molar-refractivity contribution in [3.05, 3.63) is 71.8 Å². The van der Waals surface area contributed by atoms with Crippen molar-refractivity contribution in [1.82, 2.24) is 14.5 Å². The molecule has 1 N–H and O–H groups in total. The molecular formula is C28H37N3O4. The molecule has 1 aromatic heterocycles. The molecule has 3 aromatic rings. The molecule has 7 heteroatoms. The van der Waals surface area contributed by atoms with Gasteiger partial charge >= 0.3 is 0 Å². The third-order valence-corrected chi connectivity index (χ3v) is 6.69. The summed E-state index contributed by atoms with van der Waals surface area (Å²) in [5.74, 6) is 3.26. The van der Waals surface area contributed by atoms with Gasteiger partial charge in [-0.2, -0.15) is 0 Å². The minimum atomic E-state index is -0.803. The number of aliphatic hydroxyl groups is 1. The van der Waals surface area contributed by atoms with Crippen LogP contribution < -0.4 is 14.2 Å². The van der Waals surface area contributed by atoms with Gasteiger partial charge in [-0.05, 0) is 69.5 Å². The van der Waals surface area contributed by atoms with Crippen LogP contribution >= 0.6 is 0 Å². The average molecular weight is 480 g/mol. The lowest BCUT2D eigenvalue weighted by molar-refractivity contribution is -0.0168. The Balaban J connectivity index is 1.29. The molecule has 0 aliphatic carbocycles. The molecular weight excluding hydrogens is 442 g/mol. The second-order valence-corrected chi connectivity index (χ2v) is 9.46. The molecule has 2 aromatic carbocycles. The van der Waals surface area contributed by atoms with Gasteiger partial charge in [-0.15, -0.1) is 0 Å². The van der Waals surface area contributed by atoms with Crippen LogP contribution in [0.1, 0.15) is 36.2 Å². The van der Waals surface area contributed by atoms with E-state index in [2.05, 4.69) is 33.5 Å². The Kier molecular flexibility index (Phi) is 8.31. The number of likely N-dealkylation sites (tertiary alicyclic amines) is 1. The van der Waals surface area contributed by atoms with Gasteiger partial charge in [0.1, 0.15) is 24.8 Å². The molecule has 1 saturated heterocycles. The van der Waals surface area contributed by atoms with Crippen LogP contribution in [0, 0.1) is 13.8 Å². The monoisotopic (exact) mass is 479 g/mol. The quantitative estimate of drug-likeness (QED) is 0.465. The number of benzene rings is 2. The minimum Gasteiger partial charge on any atom is -0.493 e. The molecule has 7 nitrogen and oxygen atoms in total. The van der Waals surface area contributed by atoms with Gasteiger partial charge in [0.25, 0.3) is 0 Å². The van der Waals surface area contributed by atoms with Crippen molar-refractivity contribution in [1.29, 1.82) is 0 Å². The Labute approximate surface area is 208 Å². The summed E-state index contributed by atoms with van der Waals surface area (Å²) in [5, 5.41) is 11.1. The Bertz CT molecular complexity index is 1080. The first kappa shape index (κ1) is 25.1. The van der Waals surface area contributed by atoms with Crippen molar-refractivity contribution in [3.8, 4) is 17.2 Å². The zero-order valence-electron chi connectivity index (χ0n) is 21.1. The number of aryl methyl sites for hydroxylation is 2. The number of hydrogen-bond acceptors (Lipinski definition) is 6. The number of rotatable bonds is 10. The van der Waals surface area contributed by atoms with Crippen molar-refractivity contribution < 1.29 is 19.3 Å². The normalized spacial score (nSPS) is 18.7. The molecule has 0 amide bonds. The molecule has 0 unspecified atom stereocenters. The van der Waals surface area contributed by atoms with Gasteiger partial charge in [0.2, 0.25) is 0 Å². The van der Waals surface area contributed by atoms with Crippen molar-refractivity contribution in [2.45, 2.75) is 51.8 Å². The number of nitrogens with zero attached hydrogens (tertiary/aromatic N) is 3. The summed E-state index contributed by atoms with van der Waals surface area (Å²) < 4.78 is 19.6. The van der Waals surface area contributed by atoms with E-state index in [0.29, 0.717) is 19.6 Å². The van der Waals surface area contributed by atoms with Crippen LogP contribution in [-0.4, -0.2) is 58.6 Å². The SMILES string of the molecule is COc1cc(CN2CCC[C@@](O)(COc3ccc(C)cc3)CC2)ccc1OCCn1ccnc1C. The van der Waals surface area contributed by atoms with E-state index in [1.54, 1.807) is 13.3 Å². The van der Waals surface area contributed by atoms with Crippen LogP contribution in [0.2, 0.25) is 0 Å². The summed E-state index contributed by atoms with van der Waals surface area (Å²) in [5.41, 5.74) is 1.56. The Morgan fingerprint density at radius 3 is 2.57 bits per heavy atom. The van der Waals surface area contributed by atoms with E-state index in [-0.39, 0.29) is 0 Å². The Morgan fingerprint density at radius 1 is 1.00 bits per heavy atom. The average Bonchev–Trinajstić information content (AvgIpc) is 3.17. The van der Waals surface area contributed by atoms with Crippen LogP contribution in [0.25, 0.3) is 0 Å². The zero-order valence-corrected chi connectivity index (χ0v) is 21.1. The topological polar surface area (TPSA) is 69.0 Å². The van der Waals surface area contributed by atoms with E-state index in [0.717, 1.165) is 62.1 Å². The van der Waals surface area contributed by atoms with Crippen LogP contribution in [-0.2, 0) is 13.1 Å². The number of hydrogen-bond donors (Lipinski definition) is 1. The van der Waals surface area contributed by atoms with Gasteiger partial charge in [0.05, 0.1) is 19.3 Å². The van der Waals surface area contributed by atoms with Crippen LogP contribution in [0.15, 0.2) is 54.9 Å². The predicted molar refractivity (Wildman–Crippen MR) is 136 cm³/mol. The highest BCUT2D eigenvalue weighted by atomic mass is 16.5. The second-order valence-electron chi connectivity index (χ2n) is 9.46. The minimum absolute atomic E-state index is 0.322. The number of imidazole rings is 1. The molecule has 188 valence electrons. The maximum Gasteiger partial charge on any atom is 0.161 e. The standard InChI is InChI=1S/C28H37N3O4/c1-22-5-8-25(9-6-22)35-21-28(32)11-4-14-30(15-12-28)20-24-7-10-26(27(19-24)33-3)34-18-17-31-16-13-29-23(31)2/h5-10,13,16,19,32H,4,11-12,14-15,17-18,20-21H2,1-3H3/t28-/m0/s1. The largest absolute Gasteiger partial charge is 0.493 e. The van der Waals surface area contributed by atoms with E-state index in [1.165, 1.54) is 11.1 Å². The van der Waals surface area contributed by atoms with Crippen molar-refractivity contribution in [3.63, 3.8) is 0 Å². The summed E-state index contributed by atoms with van der Waals surface area (Å²) in [6.07, 6.45) is 6.10. The van der Waals surface area contributed by atoms with Crippen LogP contribution in [0.3, 0.4) is 0 Å². The molecule has 1 atom stereocenters. The van der Waals surface area contributed by atoms with E-state index >= 15 is 0 Å². The molecule has 1 aliphatic rings. The van der Waals surface area contributed by atoms with Gasteiger partial charge in [-0.1, -0.05) is 23.8 Å². The summed E-state index contributed by atoms with van der Waals surface area (Å²) in [7, 11) is 1.67. The van der Waals surface area contributed by atoms with Crippen molar-refractivity contribution in [2.24, 2.45) is 0 Å². The van der Waals surface area contributed by atoms with E-state index in [4.69, 9.17) is 14.2 Å². The molecule has 0 radical (unpaired) electrons. The third-order valence-electron chi connectivity index (χ3n) is 6.69. The summed E-state index contributed by atoms with van der Waals surface area (Å²) in [4.78, 5) is 6.63. The fourth-order valence-corrected chi connectivity index (χ4v) is 4.47. The second kappa shape index (κ2) is 11.6. The highest BCUT2D eigenvalue weighted by molar-refractivity contribution is 5.43. The fourth-order valence-electron chi connectivity index (χ4n) is 4.47. The first-order chi connectivity index (χ1) is 16.9. The van der Waals surface area contributed by atoms with Gasteiger partial charge in [0.15, 0.2) is 11.5 Å². The Morgan fingerprint density at radius 2 is 1.83 bits per heavy atom. The smallest absolute Gasteiger partial charge is 0.161 e. The van der Waals surface area contributed by atoms with E-state index in [9.17, 15) is 5.11 Å². The summed E-state index contributed by atoms with van der Waals surface area (Å²) in [6, 6.07) is 14.1. The van der Waals surface area contributed by atoms with Crippen LogP contribution in [0.4, 0.5) is 0 Å². The number of aromatic nitrogens is 2. The van der Waals surface area contributed by atoms with Gasteiger partial charge < -0.3 is 23.9 Å². The lowest BCUT2D eigenvalue weighted by atomic mass is 9.96. The molecule has 4 rings (SSSR count). The lowest BCUT2D eigenvalue weighted by Gasteiger charge is -2.27. The van der Waals surface area contributed by atoms with Gasteiger partial charge in [-0.25, -0.2) is 4.98 Å². The van der Waals surface area contributed by atoms with Gasteiger partial charge in [-0.3, -0.25) is 4.90 Å². The molecule has 0 saturated carbocycles. The van der Waals surface area contributed by atoms with E-state index < -0.39 is 5.60 Å². The number of ether oxygens (including phenoxy) is 3. The molecule has 1 aliphatic heterocycles. The molecule has 0 spiro atoms. The van der Waals surface area contributed by atoms with E-state index in [1.807, 2.05) is 43.5 Å². The molecule has 1 fully saturated rings. The predicted octanol–water partition coefficient (Wildman–Crippen LogP) is 4.38.